The Morgan fingerprint density at radius 3 is 2.50 bits per heavy atom. The number of rotatable bonds is 4. The Bertz CT molecular complexity index is 523. The molecular weight excluding hydrogens is 242 g/mol. The second-order valence-corrected chi connectivity index (χ2v) is 5.16. The first-order valence-corrected chi connectivity index (χ1v) is 6.82. The van der Waals surface area contributed by atoms with Gasteiger partial charge in [0.2, 0.25) is 0 Å². The van der Waals surface area contributed by atoms with Crippen LogP contribution in [-0.2, 0) is 0 Å². The topological polar surface area (TPSA) is 37.8 Å². The molecule has 4 heteroatoms. The summed E-state index contributed by atoms with van der Waals surface area (Å²) in [7, 11) is 0. The van der Waals surface area contributed by atoms with Crippen LogP contribution in [0, 0.1) is 13.8 Å². The van der Waals surface area contributed by atoms with Crippen LogP contribution >= 0.6 is 11.8 Å². The van der Waals surface area contributed by atoms with E-state index in [1.165, 1.54) is 10.5 Å². The van der Waals surface area contributed by atoms with E-state index in [0.29, 0.717) is 0 Å². The van der Waals surface area contributed by atoms with Crippen LogP contribution in [0.15, 0.2) is 40.5 Å². The highest BCUT2D eigenvalue weighted by molar-refractivity contribution is 7.99. The second-order valence-electron chi connectivity index (χ2n) is 4.10. The molecule has 3 nitrogen and oxygen atoms in total. The van der Waals surface area contributed by atoms with E-state index in [-0.39, 0.29) is 0 Å². The minimum Gasteiger partial charge on any atom is -0.370 e. The summed E-state index contributed by atoms with van der Waals surface area (Å²) in [6.45, 7) is 7.07. The highest BCUT2D eigenvalue weighted by atomic mass is 32.2. The number of hydrogen-bond donors (Lipinski definition) is 1. The van der Waals surface area contributed by atoms with Crippen LogP contribution in [0.4, 0.5) is 5.82 Å². The Balaban J connectivity index is 2.23. The molecule has 2 rings (SSSR count). The zero-order valence-corrected chi connectivity index (χ0v) is 11.7. The van der Waals surface area contributed by atoms with E-state index in [4.69, 9.17) is 0 Å². The molecule has 1 aromatic heterocycles. The predicted octanol–water partition coefficient (Wildman–Crippen LogP) is 3.68. The fourth-order valence-corrected chi connectivity index (χ4v) is 2.45. The van der Waals surface area contributed by atoms with Gasteiger partial charge in [0.15, 0.2) is 0 Å². The van der Waals surface area contributed by atoms with E-state index in [1.54, 1.807) is 18.1 Å². The minimum absolute atomic E-state index is 0.868. The van der Waals surface area contributed by atoms with Crippen LogP contribution in [0.5, 0.6) is 0 Å². The van der Waals surface area contributed by atoms with Crippen LogP contribution in [0.2, 0.25) is 0 Å². The Labute approximate surface area is 112 Å². The number of benzene rings is 1. The molecule has 1 heterocycles. The van der Waals surface area contributed by atoms with Crippen molar-refractivity contribution in [3.05, 3.63) is 41.7 Å². The van der Waals surface area contributed by atoms with E-state index in [2.05, 4.69) is 60.3 Å². The molecule has 94 valence electrons. The summed E-state index contributed by atoms with van der Waals surface area (Å²) in [6, 6.07) is 8.47. The van der Waals surface area contributed by atoms with Gasteiger partial charge in [-0.25, -0.2) is 9.97 Å². The molecule has 0 radical (unpaired) electrons. The molecule has 0 aliphatic rings. The molecule has 1 aromatic carbocycles. The van der Waals surface area contributed by atoms with Crippen molar-refractivity contribution in [2.45, 2.75) is 30.7 Å². The van der Waals surface area contributed by atoms with Crippen LogP contribution in [0.1, 0.15) is 18.1 Å². The first-order valence-electron chi connectivity index (χ1n) is 6.00. The maximum absolute atomic E-state index is 4.35. The lowest BCUT2D eigenvalue weighted by Gasteiger charge is -2.09. The number of aryl methyl sites for hydroxylation is 1. The van der Waals surface area contributed by atoms with Gasteiger partial charge in [0.1, 0.15) is 17.2 Å². The molecule has 0 aliphatic heterocycles. The molecule has 0 aliphatic carbocycles. The number of hydrogen-bond acceptors (Lipinski definition) is 4. The molecule has 0 bridgehead atoms. The molecule has 0 spiro atoms. The Morgan fingerprint density at radius 2 is 1.83 bits per heavy atom. The summed E-state index contributed by atoms with van der Waals surface area (Å²) >= 11 is 1.67. The third-order valence-electron chi connectivity index (χ3n) is 2.62. The van der Waals surface area contributed by atoms with Gasteiger partial charge in [0.25, 0.3) is 0 Å². The number of anilines is 1. The molecule has 0 saturated heterocycles. The summed E-state index contributed by atoms with van der Waals surface area (Å²) < 4.78 is 0. The van der Waals surface area contributed by atoms with Crippen molar-refractivity contribution >= 4 is 17.6 Å². The van der Waals surface area contributed by atoms with Gasteiger partial charge < -0.3 is 5.32 Å². The maximum atomic E-state index is 4.35. The SMILES string of the molecule is CCNc1ncnc(Sc2ccc(C)cc2)c1C. The molecule has 18 heavy (non-hydrogen) atoms. The third kappa shape index (κ3) is 3.01. The van der Waals surface area contributed by atoms with Crippen molar-refractivity contribution in [2.75, 3.05) is 11.9 Å². The Hall–Kier alpha value is -1.55. The van der Waals surface area contributed by atoms with Crippen molar-refractivity contribution in [3.8, 4) is 0 Å². The summed E-state index contributed by atoms with van der Waals surface area (Å²) in [5, 5.41) is 4.25. The predicted molar refractivity (Wildman–Crippen MR) is 76.2 cm³/mol. The van der Waals surface area contributed by atoms with Gasteiger partial charge in [0.05, 0.1) is 0 Å². The molecular formula is C14H17N3S. The number of nitrogens with one attached hydrogen (secondary N) is 1. The third-order valence-corrected chi connectivity index (χ3v) is 3.73. The minimum atomic E-state index is 0.868. The van der Waals surface area contributed by atoms with Gasteiger partial charge in [0, 0.05) is 17.0 Å². The van der Waals surface area contributed by atoms with Gasteiger partial charge >= 0.3 is 0 Å². The normalized spacial score (nSPS) is 10.4. The van der Waals surface area contributed by atoms with E-state index >= 15 is 0 Å². The van der Waals surface area contributed by atoms with Crippen LogP contribution in [0.3, 0.4) is 0 Å². The molecule has 0 atom stereocenters. The van der Waals surface area contributed by atoms with Crippen molar-refractivity contribution < 1.29 is 0 Å². The molecule has 0 saturated carbocycles. The van der Waals surface area contributed by atoms with E-state index in [9.17, 15) is 0 Å². The molecule has 0 unspecified atom stereocenters. The summed E-state index contributed by atoms with van der Waals surface area (Å²) in [4.78, 5) is 9.80. The highest BCUT2D eigenvalue weighted by Crippen LogP contribution is 2.30. The van der Waals surface area contributed by atoms with Crippen LogP contribution < -0.4 is 5.32 Å². The summed E-state index contributed by atoms with van der Waals surface area (Å²) in [5.74, 6) is 0.919. The smallest absolute Gasteiger partial charge is 0.133 e. The van der Waals surface area contributed by atoms with Crippen molar-refractivity contribution in [1.82, 2.24) is 9.97 Å². The average molecular weight is 259 g/mol. The van der Waals surface area contributed by atoms with E-state index in [1.807, 2.05) is 0 Å². The van der Waals surface area contributed by atoms with Gasteiger partial charge in [-0.15, -0.1) is 0 Å². The molecule has 0 fully saturated rings. The van der Waals surface area contributed by atoms with Crippen molar-refractivity contribution in [3.63, 3.8) is 0 Å². The van der Waals surface area contributed by atoms with Crippen LogP contribution in [0.25, 0.3) is 0 Å². The lowest BCUT2D eigenvalue weighted by molar-refractivity contribution is 0.990. The zero-order chi connectivity index (χ0) is 13.0. The van der Waals surface area contributed by atoms with E-state index < -0.39 is 0 Å². The second kappa shape index (κ2) is 5.87. The van der Waals surface area contributed by atoms with Crippen LogP contribution in [-0.4, -0.2) is 16.5 Å². The van der Waals surface area contributed by atoms with Crippen molar-refractivity contribution in [2.24, 2.45) is 0 Å². The van der Waals surface area contributed by atoms with Crippen molar-refractivity contribution in [1.29, 1.82) is 0 Å². The monoisotopic (exact) mass is 259 g/mol. The first-order chi connectivity index (χ1) is 8.70. The Kier molecular flexibility index (Phi) is 4.20. The van der Waals surface area contributed by atoms with Gasteiger partial charge in [-0.1, -0.05) is 29.5 Å². The molecule has 1 N–H and O–H groups in total. The molecule has 2 aromatic rings. The molecule has 0 amide bonds. The first kappa shape index (κ1) is 12.9. The summed E-state index contributed by atoms with van der Waals surface area (Å²) in [6.07, 6.45) is 1.61. The standard InChI is InChI=1S/C14H17N3S/c1-4-15-13-11(3)14(17-9-16-13)18-12-7-5-10(2)6-8-12/h5-9H,4H2,1-3H3,(H,15,16,17). The largest absolute Gasteiger partial charge is 0.370 e. The zero-order valence-electron chi connectivity index (χ0n) is 10.9. The lowest BCUT2D eigenvalue weighted by atomic mass is 10.2. The quantitative estimate of drug-likeness (QED) is 0.850. The van der Waals surface area contributed by atoms with E-state index in [0.717, 1.165) is 23.0 Å². The average Bonchev–Trinajstić information content (AvgIpc) is 2.37. The van der Waals surface area contributed by atoms with Gasteiger partial charge in [-0.05, 0) is 32.9 Å². The highest BCUT2D eigenvalue weighted by Gasteiger charge is 2.07. The fraction of sp³-hybridized carbons (Fsp3) is 0.286. The van der Waals surface area contributed by atoms with Gasteiger partial charge in [-0.3, -0.25) is 0 Å². The fourth-order valence-electron chi connectivity index (χ4n) is 1.60. The summed E-state index contributed by atoms with van der Waals surface area (Å²) in [5.41, 5.74) is 2.37. The van der Waals surface area contributed by atoms with Gasteiger partial charge in [-0.2, -0.15) is 0 Å². The Morgan fingerprint density at radius 1 is 1.11 bits per heavy atom. The lowest BCUT2D eigenvalue weighted by Crippen LogP contribution is -2.03. The number of nitrogens with zero attached hydrogens (tertiary/aromatic N) is 2. The number of aromatic nitrogens is 2. The maximum Gasteiger partial charge on any atom is 0.133 e.